The highest BCUT2D eigenvalue weighted by Gasteiger charge is 2.20. The second kappa shape index (κ2) is 8.39. The highest BCUT2D eigenvalue weighted by atomic mass is 35.5. The molecule has 0 radical (unpaired) electrons. The lowest BCUT2D eigenvalue weighted by molar-refractivity contribution is 0.316. The van der Waals surface area contributed by atoms with Gasteiger partial charge in [-0.15, -0.1) is 0 Å². The Morgan fingerprint density at radius 1 is 1.45 bits per heavy atom. The molecule has 4 nitrogen and oxygen atoms in total. The fraction of sp³-hybridized carbons (Fsp3) is 0.588. The van der Waals surface area contributed by atoms with E-state index in [9.17, 15) is 0 Å². The third-order valence-corrected chi connectivity index (χ3v) is 4.55. The molecule has 2 rings (SSSR count). The van der Waals surface area contributed by atoms with E-state index in [0.29, 0.717) is 6.04 Å². The van der Waals surface area contributed by atoms with Crippen molar-refractivity contribution in [2.45, 2.75) is 32.4 Å². The van der Waals surface area contributed by atoms with Crippen LogP contribution in [0.2, 0.25) is 5.02 Å². The molecule has 1 aliphatic rings. The summed E-state index contributed by atoms with van der Waals surface area (Å²) in [6, 6.07) is 8.55. The Bertz CT molecular complexity index is 503. The lowest BCUT2D eigenvalue weighted by atomic mass is 10.2. The molecule has 1 heterocycles. The molecule has 0 saturated carbocycles. The van der Waals surface area contributed by atoms with Gasteiger partial charge < -0.3 is 15.1 Å². The predicted molar refractivity (Wildman–Crippen MR) is 94.5 cm³/mol. The van der Waals surface area contributed by atoms with Gasteiger partial charge in [-0.3, -0.25) is 4.99 Å². The molecule has 1 aromatic rings. The first-order chi connectivity index (χ1) is 10.6. The van der Waals surface area contributed by atoms with Crippen molar-refractivity contribution in [2.24, 2.45) is 4.99 Å². The molecule has 0 bridgehead atoms. The summed E-state index contributed by atoms with van der Waals surface area (Å²) in [5.41, 5.74) is 1.12. The maximum absolute atomic E-state index is 6.26. The van der Waals surface area contributed by atoms with E-state index in [1.54, 1.807) is 0 Å². The van der Waals surface area contributed by atoms with Gasteiger partial charge in [0.1, 0.15) is 0 Å². The third kappa shape index (κ3) is 4.62. The second-order valence-electron chi connectivity index (χ2n) is 5.92. The Kier molecular flexibility index (Phi) is 6.52. The summed E-state index contributed by atoms with van der Waals surface area (Å²) < 4.78 is 0. The van der Waals surface area contributed by atoms with E-state index >= 15 is 0 Å². The molecule has 1 atom stereocenters. The molecule has 22 heavy (non-hydrogen) atoms. The van der Waals surface area contributed by atoms with E-state index in [2.05, 4.69) is 42.2 Å². The van der Waals surface area contributed by atoms with Gasteiger partial charge in [0.25, 0.3) is 0 Å². The summed E-state index contributed by atoms with van der Waals surface area (Å²) in [6.07, 6.45) is 2.52. The first-order valence-corrected chi connectivity index (χ1v) is 8.42. The number of hydrogen-bond donors (Lipinski definition) is 1. The Hall–Kier alpha value is -1.26. The predicted octanol–water partition coefficient (Wildman–Crippen LogP) is 2.83. The zero-order chi connectivity index (χ0) is 15.9. The maximum Gasteiger partial charge on any atom is 0.194 e. The van der Waals surface area contributed by atoms with E-state index in [-0.39, 0.29) is 0 Å². The first kappa shape index (κ1) is 17.1. The lowest BCUT2D eigenvalue weighted by Crippen LogP contribution is -2.39. The minimum absolute atomic E-state index is 0.572. The first-order valence-electron chi connectivity index (χ1n) is 8.05. The maximum atomic E-state index is 6.26. The number of guanidine groups is 1. The molecule has 0 amide bonds. The minimum Gasteiger partial charge on any atom is -0.357 e. The van der Waals surface area contributed by atoms with Gasteiger partial charge in [-0.2, -0.15) is 0 Å². The number of benzene rings is 1. The number of nitrogens with one attached hydrogen (secondary N) is 1. The molecular weight excluding hydrogens is 296 g/mol. The lowest BCUT2D eigenvalue weighted by Gasteiger charge is -2.24. The van der Waals surface area contributed by atoms with Gasteiger partial charge in [0.2, 0.25) is 0 Å². The minimum atomic E-state index is 0.572. The molecular formula is C17H27ClN4. The highest BCUT2D eigenvalue weighted by molar-refractivity contribution is 6.31. The van der Waals surface area contributed by atoms with Crippen molar-refractivity contribution in [1.82, 2.24) is 15.1 Å². The van der Waals surface area contributed by atoms with Crippen LogP contribution >= 0.6 is 11.6 Å². The molecule has 1 N–H and O–H groups in total. The van der Waals surface area contributed by atoms with Crippen molar-refractivity contribution >= 4 is 17.6 Å². The Morgan fingerprint density at radius 3 is 2.86 bits per heavy atom. The summed E-state index contributed by atoms with van der Waals surface area (Å²) in [4.78, 5) is 9.36. The van der Waals surface area contributed by atoms with Crippen LogP contribution in [0.3, 0.4) is 0 Å². The standard InChI is InChI=1S/C17H27ClN4/c1-4-19-17(20-12-15-9-7-11-21(15)2)22(3)13-14-8-5-6-10-16(14)18/h5-6,8,10,15H,4,7,9,11-13H2,1-3H3,(H,19,20). The number of hydrogen-bond acceptors (Lipinski definition) is 2. The van der Waals surface area contributed by atoms with Crippen LogP contribution in [0.25, 0.3) is 0 Å². The Labute approximate surface area is 139 Å². The normalized spacial score (nSPS) is 19.5. The van der Waals surface area contributed by atoms with Gasteiger partial charge >= 0.3 is 0 Å². The van der Waals surface area contributed by atoms with Crippen molar-refractivity contribution < 1.29 is 0 Å². The number of likely N-dealkylation sites (tertiary alicyclic amines) is 1. The molecule has 122 valence electrons. The van der Waals surface area contributed by atoms with Crippen molar-refractivity contribution in [1.29, 1.82) is 0 Å². The van der Waals surface area contributed by atoms with Crippen molar-refractivity contribution in [3.63, 3.8) is 0 Å². The molecule has 1 saturated heterocycles. The molecule has 0 aromatic heterocycles. The van der Waals surface area contributed by atoms with Crippen LogP contribution in [0.1, 0.15) is 25.3 Å². The fourth-order valence-corrected chi connectivity index (χ4v) is 3.02. The average molecular weight is 323 g/mol. The van der Waals surface area contributed by atoms with Crippen LogP contribution in [-0.4, -0.2) is 55.5 Å². The number of likely N-dealkylation sites (N-methyl/N-ethyl adjacent to an activating group) is 1. The summed E-state index contributed by atoms with van der Waals surface area (Å²) in [5, 5.41) is 4.18. The fourth-order valence-electron chi connectivity index (χ4n) is 2.83. The number of rotatable bonds is 5. The average Bonchev–Trinajstić information content (AvgIpc) is 2.91. The van der Waals surface area contributed by atoms with Crippen molar-refractivity contribution in [3.05, 3.63) is 34.9 Å². The monoisotopic (exact) mass is 322 g/mol. The molecule has 5 heteroatoms. The van der Waals surface area contributed by atoms with Gasteiger partial charge in [-0.1, -0.05) is 29.8 Å². The topological polar surface area (TPSA) is 30.9 Å². The van der Waals surface area contributed by atoms with Gasteiger partial charge in [-0.25, -0.2) is 0 Å². The van der Waals surface area contributed by atoms with Crippen LogP contribution in [0, 0.1) is 0 Å². The quantitative estimate of drug-likeness (QED) is 0.668. The van der Waals surface area contributed by atoms with Gasteiger partial charge in [0.05, 0.1) is 6.54 Å². The molecule has 1 unspecified atom stereocenters. The SMILES string of the molecule is CCNC(=NCC1CCCN1C)N(C)Cc1ccccc1Cl. The van der Waals surface area contributed by atoms with Gasteiger partial charge in [-0.05, 0) is 45.0 Å². The number of halogens is 1. The number of aliphatic imine (C=N–C) groups is 1. The highest BCUT2D eigenvalue weighted by Crippen LogP contribution is 2.17. The summed E-state index contributed by atoms with van der Waals surface area (Å²) in [7, 11) is 4.25. The molecule has 1 aliphatic heterocycles. The number of nitrogens with zero attached hydrogens (tertiary/aromatic N) is 3. The smallest absolute Gasteiger partial charge is 0.194 e. The van der Waals surface area contributed by atoms with Gasteiger partial charge in [0, 0.05) is 31.2 Å². The van der Waals surface area contributed by atoms with E-state index in [0.717, 1.165) is 36.2 Å². The van der Waals surface area contributed by atoms with Gasteiger partial charge in [0.15, 0.2) is 5.96 Å². The van der Waals surface area contributed by atoms with E-state index in [1.807, 2.05) is 18.2 Å². The molecule has 1 fully saturated rings. The van der Waals surface area contributed by atoms with Crippen molar-refractivity contribution in [2.75, 3.05) is 33.7 Å². The Balaban J connectivity index is 2.01. The summed E-state index contributed by atoms with van der Waals surface area (Å²) in [5.74, 6) is 0.947. The van der Waals surface area contributed by atoms with Crippen molar-refractivity contribution in [3.8, 4) is 0 Å². The van der Waals surface area contributed by atoms with Crippen LogP contribution < -0.4 is 5.32 Å². The van der Waals surface area contributed by atoms with E-state index < -0.39 is 0 Å². The Morgan fingerprint density at radius 2 is 2.23 bits per heavy atom. The third-order valence-electron chi connectivity index (χ3n) is 4.19. The van der Waals surface area contributed by atoms with E-state index in [1.165, 1.54) is 19.4 Å². The molecule has 0 spiro atoms. The van der Waals surface area contributed by atoms with Crippen LogP contribution in [0.5, 0.6) is 0 Å². The summed E-state index contributed by atoms with van der Waals surface area (Å²) in [6.45, 7) is 5.76. The van der Waals surface area contributed by atoms with Crippen LogP contribution in [-0.2, 0) is 6.54 Å². The summed E-state index contributed by atoms with van der Waals surface area (Å²) >= 11 is 6.26. The second-order valence-corrected chi connectivity index (χ2v) is 6.33. The van der Waals surface area contributed by atoms with Crippen LogP contribution in [0.4, 0.5) is 0 Å². The van der Waals surface area contributed by atoms with E-state index in [4.69, 9.17) is 16.6 Å². The zero-order valence-electron chi connectivity index (χ0n) is 13.8. The van der Waals surface area contributed by atoms with Crippen LogP contribution in [0.15, 0.2) is 29.3 Å². The molecule has 0 aliphatic carbocycles. The zero-order valence-corrected chi connectivity index (χ0v) is 14.6. The molecule has 1 aromatic carbocycles. The largest absolute Gasteiger partial charge is 0.357 e.